The summed E-state index contributed by atoms with van der Waals surface area (Å²) in [6.07, 6.45) is 2.61. The molecule has 1 saturated heterocycles. The minimum absolute atomic E-state index is 0.0395. The van der Waals surface area contributed by atoms with Crippen LogP contribution in [0.5, 0.6) is 0 Å². The Bertz CT molecular complexity index is 1200. The van der Waals surface area contributed by atoms with Crippen LogP contribution >= 0.6 is 0 Å². The minimum atomic E-state index is -0.708. The summed E-state index contributed by atoms with van der Waals surface area (Å²) < 4.78 is 0. The molecular weight excluding hydrogens is 460 g/mol. The number of pyridine rings is 2. The van der Waals surface area contributed by atoms with E-state index in [-0.39, 0.29) is 11.9 Å². The number of aliphatic hydroxyl groups is 2. The van der Waals surface area contributed by atoms with Crippen LogP contribution in [0.15, 0.2) is 30.6 Å². The minimum Gasteiger partial charge on any atom is -0.392 e. The zero-order valence-corrected chi connectivity index (χ0v) is 21.1. The molecule has 1 aliphatic rings. The first-order valence-electron chi connectivity index (χ1n) is 12.3. The van der Waals surface area contributed by atoms with E-state index in [1.807, 2.05) is 19.9 Å². The zero-order chi connectivity index (χ0) is 25.8. The third-order valence-electron chi connectivity index (χ3n) is 5.84. The van der Waals surface area contributed by atoms with Crippen molar-refractivity contribution in [1.29, 1.82) is 0 Å². The van der Waals surface area contributed by atoms with Crippen molar-refractivity contribution in [3.05, 3.63) is 36.3 Å². The van der Waals surface area contributed by atoms with Gasteiger partial charge in [-0.05, 0) is 45.9 Å². The van der Waals surface area contributed by atoms with Gasteiger partial charge in [0.05, 0.1) is 29.8 Å². The quantitative estimate of drug-likeness (QED) is 0.369. The average Bonchev–Trinajstić information content (AvgIpc) is 3.00. The second kappa shape index (κ2) is 11.1. The summed E-state index contributed by atoms with van der Waals surface area (Å²) >= 11 is 0. The number of anilines is 4. The molecule has 0 aromatic carbocycles. The summed E-state index contributed by atoms with van der Waals surface area (Å²) in [5.74, 6) is 1.53. The fourth-order valence-electron chi connectivity index (χ4n) is 4.14. The third kappa shape index (κ3) is 6.23. The maximum atomic E-state index is 12.7. The Hall–Kier alpha value is -3.41. The smallest absolute Gasteiger partial charge is 0.229 e. The van der Waals surface area contributed by atoms with Crippen LogP contribution < -0.4 is 15.5 Å². The Morgan fingerprint density at radius 3 is 2.50 bits per heavy atom. The van der Waals surface area contributed by atoms with Gasteiger partial charge in [-0.1, -0.05) is 0 Å². The summed E-state index contributed by atoms with van der Waals surface area (Å²) in [7, 11) is 0. The number of nitrogens with one attached hydrogen (secondary N) is 2. The van der Waals surface area contributed by atoms with Gasteiger partial charge >= 0.3 is 0 Å². The van der Waals surface area contributed by atoms with Crippen molar-refractivity contribution < 1.29 is 15.0 Å². The molecule has 1 amide bonds. The first kappa shape index (κ1) is 25.7. The lowest BCUT2D eigenvalue weighted by Gasteiger charge is -2.22. The van der Waals surface area contributed by atoms with E-state index >= 15 is 0 Å². The fraction of sp³-hybridized carbons (Fsp3) is 0.480. The predicted octanol–water partition coefficient (Wildman–Crippen LogP) is 2.46. The molecule has 0 aliphatic carbocycles. The molecule has 4 heterocycles. The van der Waals surface area contributed by atoms with E-state index in [2.05, 4.69) is 35.5 Å². The van der Waals surface area contributed by atoms with Gasteiger partial charge < -0.3 is 25.7 Å². The summed E-state index contributed by atoms with van der Waals surface area (Å²) in [4.78, 5) is 34.5. The number of aliphatic hydroxyl groups excluding tert-OH is 2. The van der Waals surface area contributed by atoms with E-state index in [9.17, 15) is 15.0 Å². The van der Waals surface area contributed by atoms with Crippen LogP contribution in [0, 0.1) is 0 Å². The summed E-state index contributed by atoms with van der Waals surface area (Å²) in [5.41, 5.74) is 1.91. The van der Waals surface area contributed by atoms with E-state index < -0.39 is 12.2 Å². The van der Waals surface area contributed by atoms with Crippen LogP contribution in [0.1, 0.15) is 45.9 Å². The SMILES string of the molecule is CC(O)CN1CCC(=O)N(c2ccc(Nc3ncc4cc(C(C)O)nc(NC(C)C)c4n3)nc2)CC1. The van der Waals surface area contributed by atoms with Gasteiger partial charge in [0.1, 0.15) is 11.3 Å². The maximum absolute atomic E-state index is 12.7. The molecule has 1 aliphatic heterocycles. The highest BCUT2D eigenvalue weighted by Crippen LogP contribution is 2.26. The molecule has 2 unspecified atom stereocenters. The van der Waals surface area contributed by atoms with Crippen LogP contribution in [0.25, 0.3) is 10.9 Å². The van der Waals surface area contributed by atoms with Crippen LogP contribution in [-0.2, 0) is 4.79 Å². The molecule has 0 spiro atoms. The number of nitrogens with zero attached hydrogens (tertiary/aromatic N) is 6. The van der Waals surface area contributed by atoms with Crippen LogP contribution in [0.4, 0.5) is 23.3 Å². The summed E-state index contributed by atoms with van der Waals surface area (Å²) in [6.45, 7) is 9.86. The van der Waals surface area contributed by atoms with Gasteiger partial charge in [-0.3, -0.25) is 9.69 Å². The van der Waals surface area contributed by atoms with Crippen molar-refractivity contribution in [3.8, 4) is 0 Å². The molecule has 3 aromatic heterocycles. The largest absolute Gasteiger partial charge is 0.392 e. The second-order valence-corrected chi connectivity index (χ2v) is 9.47. The average molecular weight is 495 g/mol. The first-order valence-corrected chi connectivity index (χ1v) is 12.3. The Kier molecular flexibility index (Phi) is 7.92. The van der Waals surface area contributed by atoms with Crippen molar-refractivity contribution in [2.45, 2.75) is 52.4 Å². The molecule has 0 saturated carbocycles. The molecule has 11 heteroatoms. The molecular formula is C25H34N8O3. The number of rotatable bonds is 8. The van der Waals surface area contributed by atoms with E-state index in [0.717, 1.165) is 11.1 Å². The van der Waals surface area contributed by atoms with E-state index in [4.69, 9.17) is 0 Å². The lowest BCUT2D eigenvalue weighted by atomic mass is 10.2. The van der Waals surface area contributed by atoms with Crippen molar-refractivity contribution in [2.24, 2.45) is 0 Å². The Morgan fingerprint density at radius 2 is 1.83 bits per heavy atom. The molecule has 4 rings (SSSR count). The van der Waals surface area contributed by atoms with Gasteiger partial charge in [-0.15, -0.1) is 0 Å². The highest BCUT2D eigenvalue weighted by atomic mass is 16.3. The predicted molar refractivity (Wildman–Crippen MR) is 139 cm³/mol. The molecule has 1 fully saturated rings. The molecule has 192 valence electrons. The van der Waals surface area contributed by atoms with Gasteiger partial charge in [-0.2, -0.15) is 0 Å². The lowest BCUT2D eigenvalue weighted by Crippen LogP contribution is -2.35. The van der Waals surface area contributed by atoms with Crippen molar-refractivity contribution >= 4 is 40.1 Å². The monoisotopic (exact) mass is 494 g/mol. The number of hydrogen-bond acceptors (Lipinski definition) is 10. The number of hydrogen-bond donors (Lipinski definition) is 4. The molecule has 2 atom stereocenters. The van der Waals surface area contributed by atoms with E-state index in [1.165, 1.54) is 0 Å². The molecule has 36 heavy (non-hydrogen) atoms. The zero-order valence-electron chi connectivity index (χ0n) is 21.1. The number of carbonyl (C=O) groups is 1. The van der Waals surface area contributed by atoms with Gasteiger partial charge in [0.2, 0.25) is 11.9 Å². The third-order valence-corrected chi connectivity index (χ3v) is 5.84. The number of fused-ring (bicyclic) bond motifs is 1. The molecule has 11 nitrogen and oxygen atoms in total. The van der Waals surface area contributed by atoms with Crippen molar-refractivity contribution in [3.63, 3.8) is 0 Å². The molecule has 0 bridgehead atoms. The molecule has 0 radical (unpaired) electrons. The van der Waals surface area contributed by atoms with Crippen molar-refractivity contribution in [1.82, 2.24) is 24.8 Å². The fourth-order valence-corrected chi connectivity index (χ4v) is 4.14. The Labute approximate surface area is 210 Å². The molecule has 3 aromatic rings. The first-order chi connectivity index (χ1) is 17.2. The van der Waals surface area contributed by atoms with Crippen LogP contribution in [0.3, 0.4) is 0 Å². The lowest BCUT2D eigenvalue weighted by molar-refractivity contribution is -0.118. The van der Waals surface area contributed by atoms with Crippen molar-refractivity contribution in [2.75, 3.05) is 41.7 Å². The van der Waals surface area contributed by atoms with Gasteiger partial charge in [-0.25, -0.2) is 19.9 Å². The van der Waals surface area contributed by atoms with Crippen LogP contribution in [0.2, 0.25) is 0 Å². The second-order valence-electron chi connectivity index (χ2n) is 9.47. The summed E-state index contributed by atoms with van der Waals surface area (Å²) in [6, 6.07) is 5.55. The topological polar surface area (TPSA) is 140 Å². The maximum Gasteiger partial charge on any atom is 0.229 e. The Balaban J connectivity index is 1.51. The number of aromatic nitrogens is 4. The van der Waals surface area contributed by atoms with Gasteiger partial charge in [0.25, 0.3) is 0 Å². The van der Waals surface area contributed by atoms with Gasteiger partial charge in [0.15, 0.2) is 5.82 Å². The molecule has 4 N–H and O–H groups in total. The highest BCUT2D eigenvalue weighted by molar-refractivity contribution is 5.93. The van der Waals surface area contributed by atoms with Gasteiger partial charge in [0, 0.05) is 50.2 Å². The highest BCUT2D eigenvalue weighted by Gasteiger charge is 2.23. The van der Waals surface area contributed by atoms with Crippen LogP contribution in [-0.4, -0.2) is 79.3 Å². The normalized spacial score (nSPS) is 16.8. The van der Waals surface area contributed by atoms with E-state index in [1.54, 1.807) is 43.3 Å². The Morgan fingerprint density at radius 1 is 1.03 bits per heavy atom. The van der Waals surface area contributed by atoms with E-state index in [0.29, 0.717) is 61.4 Å². The standard InChI is InChI=1S/C25H34N8O3/c1-15(2)28-24-23-18(11-20(29-24)17(4)35)12-27-25(31-23)30-21-6-5-19(13-26-21)33-10-9-32(14-16(3)34)8-7-22(33)36/h5-6,11-13,15-17,34-35H,7-10,14H2,1-4H3,(H,28,29)(H,26,27,30,31). The number of carbonyl (C=O) groups excluding carboxylic acids is 1. The number of β-amino-alcohol motifs (C(OH)–C–C–N with tert-alkyl or cyclic N) is 1. The number of amides is 1. The summed E-state index contributed by atoms with van der Waals surface area (Å²) in [5, 5.41) is 26.8.